The van der Waals surface area contributed by atoms with Crippen molar-refractivity contribution < 1.29 is 18.8 Å². The highest BCUT2D eigenvalue weighted by Crippen LogP contribution is 2.21. The van der Waals surface area contributed by atoms with Gasteiger partial charge in [0.1, 0.15) is 11.3 Å². The molecule has 9 nitrogen and oxygen atoms in total. The molecule has 0 aliphatic rings. The summed E-state index contributed by atoms with van der Waals surface area (Å²) in [6.45, 7) is 1.57. The Bertz CT molecular complexity index is 1120. The fourth-order valence-electron chi connectivity index (χ4n) is 2.63. The molecule has 0 unspecified atom stereocenters. The van der Waals surface area contributed by atoms with Gasteiger partial charge >= 0.3 is 5.97 Å². The molecule has 0 aliphatic carbocycles. The summed E-state index contributed by atoms with van der Waals surface area (Å²) < 4.78 is 17.2. The van der Waals surface area contributed by atoms with Crippen molar-refractivity contribution in [3.63, 3.8) is 0 Å². The molecule has 0 atom stereocenters. The molecule has 0 amide bonds. The number of nitrogens with zero attached hydrogens (tertiary/aromatic N) is 5. The first-order chi connectivity index (χ1) is 13.2. The summed E-state index contributed by atoms with van der Waals surface area (Å²) in [5, 5.41) is 8.15. The van der Waals surface area contributed by atoms with Gasteiger partial charge in [-0.25, -0.2) is 14.3 Å². The maximum atomic E-state index is 12.5. The van der Waals surface area contributed by atoms with Crippen LogP contribution in [-0.4, -0.2) is 37.8 Å². The average Bonchev–Trinajstić information content (AvgIpc) is 3.30. The minimum absolute atomic E-state index is 0.153. The molecule has 27 heavy (non-hydrogen) atoms. The van der Waals surface area contributed by atoms with Crippen molar-refractivity contribution in [2.45, 2.75) is 13.5 Å². The van der Waals surface area contributed by atoms with Crippen molar-refractivity contribution in [2.75, 3.05) is 7.11 Å². The maximum Gasteiger partial charge on any atom is 0.344 e. The van der Waals surface area contributed by atoms with Crippen molar-refractivity contribution in [3.8, 4) is 17.1 Å². The van der Waals surface area contributed by atoms with Crippen LogP contribution in [0.25, 0.3) is 17.0 Å². The Kier molecular flexibility index (Phi) is 4.25. The van der Waals surface area contributed by atoms with E-state index in [9.17, 15) is 4.79 Å². The number of benzene rings is 1. The number of carbonyl (C=O) groups excluding carboxylic acids is 1. The summed E-state index contributed by atoms with van der Waals surface area (Å²) in [6, 6.07) is 8.99. The highest BCUT2D eigenvalue weighted by Gasteiger charge is 2.20. The predicted molar refractivity (Wildman–Crippen MR) is 93.1 cm³/mol. The van der Waals surface area contributed by atoms with Crippen LogP contribution < -0.4 is 4.74 Å². The van der Waals surface area contributed by atoms with Gasteiger partial charge in [0, 0.05) is 18.0 Å². The van der Waals surface area contributed by atoms with Gasteiger partial charge in [-0.2, -0.15) is 10.1 Å². The van der Waals surface area contributed by atoms with Crippen molar-refractivity contribution in [1.82, 2.24) is 24.7 Å². The molecule has 0 saturated carbocycles. The number of hydrogen-bond acceptors (Lipinski definition) is 8. The van der Waals surface area contributed by atoms with Crippen molar-refractivity contribution in [3.05, 3.63) is 59.9 Å². The van der Waals surface area contributed by atoms with E-state index >= 15 is 0 Å². The predicted octanol–water partition coefficient (Wildman–Crippen LogP) is 2.45. The first kappa shape index (κ1) is 16.7. The van der Waals surface area contributed by atoms with Crippen LogP contribution in [0.2, 0.25) is 0 Å². The first-order valence-electron chi connectivity index (χ1n) is 8.10. The molecule has 0 fully saturated rings. The van der Waals surface area contributed by atoms with Gasteiger partial charge < -0.3 is 14.0 Å². The zero-order valence-electron chi connectivity index (χ0n) is 14.6. The summed E-state index contributed by atoms with van der Waals surface area (Å²) in [7, 11) is 1.58. The monoisotopic (exact) mass is 365 g/mol. The second-order valence-electron chi connectivity index (χ2n) is 5.67. The maximum absolute atomic E-state index is 12.5. The van der Waals surface area contributed by atoms with Gasteiger partial charge in [0.05, 0.1) is 12.8 Å². The SMILES string of the molecule is COc1cccc(-c2noc(COC(=O)c3c(C)nn4cccnc34)n2)c1. The van der Waals surface area contributed by atoms with Gasteiger partial charge in [-0.15, -0.1) is 0 Å². The lowest BCUT2D eigenvalue weighted by Crippen LogP contribution is -2.07. The number of aryl methyl sites for hydroxylation is 1. The number of rotatable bonds is 5. The Labute approximate surface area is 153 Å². The number of aromatic nitrogens is 5. The largest absolute Gasteiger partial charge is 0.497 e. The number of carbonyl (C=O) groups is 1. The van der Waals surface area contributed by atoms with E-state index in [1.165, 1.54) is 4.52 Å². The molecule has 0 radical (unpaired) electrons. The average molecular weight is 365 g/mol. The van der Waals surface area contributed by atoms with Crippen LogP contribution in [0.5, 0.6) is 5.75 Å². The number of hydrogen-bond donors (Lipinski definition) is 0. The zero-order valence-corrected chi connectivity index (χ0v) is 14.6. The summed E-state index contributed by atoms with van der Waals surface area (Å²) in [4.78, 5) is 20.9. The van der Waals surface area contributed by atoms with E-state index in [0.717, 1.165) is 5.56 Å². The molecule has 0 bridgehead atoms. The van der Waals surface area contributed by atoms with E-state index in [1.807, 2.05) is 18.2 Å². The highest BCUT2D eigenvalue weighted by molar-refractivity contribution is 5.97. The van der Waals surface area contributed by atoms with Crippen LogP contribution >= 0.6 is 0 Å². The van der Waals surface area contributed by atoms with Gasteiger partial charge in [0.25, 0.3) is 5.89 Å². The van der Waals surface area contributed by atoms with E-state index in [0.29, 0.717) is 28.5 Å². The van der Waals surface area contributed by atoms with E-state index in [2.05, 4.69) is 20.2 Å². The molecule has 3 aromatic heterocycles. The summed E-state index contributed by atoms with van der Waals surface area (Å²) in [6.07, 6.45) is 3.30. The normalized spacial score (nSPS) is 10.9. The third kappa shape index (κ3) is 3.22. The molecule has 4 aromatic rings. The molecule has 1 aromatic carbocycles. The summed E-state index contributed by atoms with van der Waals surface area (Å²) >= 11 is 0. The van der Waals surface area contributed by atoms with Gasteiger partial charge in [0.2, 0.25) is 5.82 Å². The Balaban J connectivity index is 1.50. The van der Waals surface area contributed by atoms with Crippen molar-refractivity contribution in [2.24, 2.45) is 0 Å². The molecular formula is C18H15N5O4. The Morgan fingerprint density at radius 2 is 2.19 bits per heavy atom. The quantitative estimate of drug-likeness (QED) is 0.497. The van der Waals surface area contributed by atoms with Crippen LogP contribution in [-0.2, 0) is 11.3 Å². The standard InChI is InChI=1S/C18H15N5O4/c1-11-15(17-19-7-4-8-23(17)21-11)18(24)26-10-14-20-16(22-27-14)12-5-3-6-13(9-12)25-2/h3-9H,10H2,1-2H3. The molecule has 3 heterocycles. The molecule has 0 spiro atoms. The summed E-state index contributed by atoms with van der Waals surface area (Å²) in [5.41, 5.74) is 2.00. The smallest absolute Gasteiger partial charge is 0.344 e. The lowest BCUT2D eigenvalue weighted by molar-refractivity contribution is 0.0431. The van der Waals surface area contributed by atoms with E-state index in [4.69, 9.17) is 14.0 Å². The third-order valence-corrected chi connectivity index (χ3v) is 3.90. The number of methoxy groups -OCH3 is 1. The van der Waals surface area contributed by atoms with Gasteiger partial charge in [-0.05, 0) is 25.1 Å². The van der Waals surface area contributed by atoms with Crippen molar-refractivity contribution >= 4 is 11.6 Å². The number of esters is 1. The fourth-order valence-corrected chi connectivity index (χ4v) is 2.63. The zero-order chi connectivity index (χ0) is 18.8. The van der Waals surface area contributed by atoms with Gasteiger partial charge in [0.15, 0.2) is 12.3 Å². The minimum atomic E-state index is -0.553. The molecule has 136 valence electrons. The fraction of sp³-hybridized carbons (Fsp3) is 0.167. The van der Waals surface area contributed by atoms with Gasteiger partial charge in [-0.3, -0.25) is 0 Å². The molecular weight excluding hydrogens is 350 g/mol. The summed E-state index contributed by atoms with van der Waals surface area (Å²) in [5.74, 6) is 0.695. The van der Waals surface area contributed by atoms with Crippen LogP contribution in [0.15, 0.2) is 47.2 Å². The Hall–Kier alpha value is -3.75. The molecule has 0 N–H and O–H groups in total. The highest BCUT2D eigenvalue weighted by atomic mass is 16.6. The topological polar surface area (TPSA) is 105 Å². The number of ether oxygens (including phenoxy) is 2. The molecule has 4 rings (SSSR count). The minimum Gasteiger partial charge on any atom is -0.497 e. The van der Waals surface area contributed by atoms with E-state index < -0.39 is 5.97 Å². The first-order valence-corrected chi connectivity index (χ1v) is 8.10. The Morgan fingerprint density at radius 3 is 3.04 bits per heavy atom. The molecule has 9 heteroatoms. The number of fused-ring (bicyclic) bond motifs is 1. The molecule has 0 aliphatic heterocycles. The lowest BCUT2D eigenvalue weighted by Gasteiger charge is -2.01. The second kappa shape index (κ2) is 6.87. The molecule has 0 saturated heterocycles. The van der Waals surface area contributed by atoms with Crippen LogP contribution in [0.1, 0.15) is 21.9 Å². The lowest BCUT2D eigenvalue weighted by atomic mass is 10.2. The van der Waals surface area contributed by atoms with Gasteiger partial charge in [-0.1, -0.05) is 17.3 Å². The van der Waals surface area contributed by atoms with Crippen molar-refractivity contribution in [1.29, 1.82) is 0 Å². The second-order valence-corrected chi connectivity index (χ2v) is 5.67. The van der Waals surface area contributed by atoms with Crippen LogP contribution in [0, 0.1) is 6.92 Å². The van der Waals surface area contributed by atoms with Crippen LogP contribution in [0.3, 0.4) is 0 Å². The third-order valence-electron chi connectivity index (χ3n) is 3.90. The van der Waals surface area contributed by atoms with Crippen LogP contribution in [0.4, 0.5) is 0 Å². The van der Waals surface area contributed by atoms with E-state index in [1.54, 1.807) is 38.6 Å². The van der Waals surface area contributed by atoms with E-state index in [-0.39, 0.29) is 12.5 Å². The Morgan fingerprint density at radius 1 is 1.30 bits per heavy atom.